The first-order valence-electron chi connectivity index (χ1n) is 41.5. The number of nitrogens with one attached hydrogen (secondary N) is 2. The highest BCUT2D eigenvalue weighted by Gasteiger charge is 2.81. The summed E-state index contributed by atoms with van der Waals surface area (Å²) >= 11 is 0. The van der Waals surface area contributed by atoms with E-state index >= 15 is 0 Å². The van der Waals surface area contributed by atoms with Gasteiger partial charge in [-0.25, -0.2) is 28.8 Å². The molecule has 28 nitrogen and oxygen atoms in total. The molecule has 6 N–H and O–H groups in total. The minimum atomic E-state index is -2.02. The highest BCUT2D eigenvalue weighted by atomic mass is 16.7. The Morgan fingerprint density at radius 2 is 0.856 bits per heavy atom. The maximum absolute atomic E-state index is 14.4. The van der Waals surface area contributed by atoms with E-state index < -0.39 is 225 Å². The molecule has 118 heavy (non-hydrogen) atoms. The Kier molecular flexibility index (Phi) is 25.7. The van der Waals surface area contributed by atoms with Crippen molar-refractivity contribution in [1.82, 2.24) is 10.6 Å². The Morgan fingerprint density at radius 1 is 0.525 bits per heavy atom. The van der Waals surface area contributed by atoms with Crippen LogP contribution in [0.2, 0.25) is 0 Å². The molecule has 4 heterocycles. The second-order valence-corrected chi connectivity index (χ2v) is 38.6. The summed E-state index contributed by atoms with van der Waals surface area (Å²) in [5.41, 5.74) is -9.92. The van der Waals surface area contributed by atoms with E-state index in [0.29, 0.717) is 35.1 Å². The lowest BCUT2D eigenvalue weighted by molar-refractivity contribution is -0.403. The summed E-state index contributed by atoms with van der Waals surface area (Å²) in [6.45, 7) is 47.3. The van der Waals surface area contributed by atoms with Crippen LogP contribution in [-0.2, 0) is 85.5 Å². The van der Waals surface area contributed by atoms with E-state index in [1.54, 1.807) is 114 Å². The number of benzene rings is 2. The highest BCUT2D eigenvalue weighted by Crippen LogP contribution is 2.71. The Labute approximate surface area is 692 Å². The van der Waals surface area contributed by atoms with Gasteiger partial charge in [-0.1, -0.05) is 144 Å². The molecule has 26 atom stereocenters. The molecule has 4 saturated carbocycles. The molecule has 4 saturated heterocycles. The van der Waals surface area contributed by atoms with Gasteiger partial charge in [0.2, 0.25) is 0 Å². The predicted octanol–water partition coefficient (Wildman–Crippen LogP) is 11.1. The van der Waals surface area contributed by atoms with Gasteiger partial charge in [0, 0.05) is 73.0 Å². The molecule has 2 aromatic rings. The average Bonchev–Trinajstić information content (AvgIpc) is 0.667. The SMILES string of the molecule is C=C[C@@H]1O[C@H]2C[C@H]3OC[C@@]3(OC(C)=O)[C@H]3[C@H](OC(=O)c4ccccc4)[C@]4(O)C[C@H](OC(=O)[C@H](O)[C@H](CC(C)C)NC(=O)OC(C)(C)C)C(C)=C([C@H](C)[C@H](O1)[C@]23C)C4(C)C.C=C[C@H]1O[C@H]2C[C@H]3OC[C@@]3(OC(C)=O)[C@H]3[C@H](OC(=O)c4ccccc4)[C@]4(O)C[C@H](OC(=O)[C@H](O)[C@H](CC(C)C)NC(=O)OC(C)(C)C)C(C)=C([C@H](C)[C@H](O1)[C@]23C)C4(C)C. The molecule has 28 heteroatoms. The summed E-state index contributed by atoms with van der Waals surface area (Å²) in [5, 5.41) is 56.0. The predicted molar refractivity (Wildman–Crippen MR) is 427 cm³/mol. The van der Waals surface area contributed by atoms with E-state index in [9.17, 15) is 58.8 Å². The van der Waals surface area contributed by atoms with Crippen LogP contribution in [0.3, 0.4) is 0 Å². The van der Waals surface area contributed by atoms with Gasteiger partial charge in [0.05, 0.1) is 72.7 Å². The van der Waals surface area contributed by atoms with Crippen molar-refractivity contribution in [3.05, 3.63) is 119 Å². The van der Waals surface area contributed by atoms with Crippen LogP contribution in [0, 0.1) is 57.2 Å². The van der Waals surface area contributed by atoms with Gasteiger partial charge in [0.15, 0.2) is 36.0 Å². The Morgan fingerprint density at radius 3 is 1.14 bits per heavy atom. The van der Waals surface area contributed by atoms with Crippen LogP contribution in [0.1, 0.15) is 212 Å². The normalized spacial score (nSPS) is 36.8. The number of hydrogen-bond acceptors (Lipinski definition) is 26. The molecule has 10 aliphatic rings. The largest absolute Gasteiger partial charge is 0.456 e. The summed E-state index contributed by atoms with van der Waals surface area (Å²) < 4.78 is 88.3. The van der Waals surface area contributed by atoms with Crippen LogP contribution in [0.5, 0.6) is 0 Å². The molecule has 0 aromatic heterocycles. The monoisotopic (exact) mass is 1650 g/mol. The standard InChI is InChI=1S/2C45H63NO13/c2*1-13-32-55-30-20-31-44(22-53-31,58-26(6)47)35-37(57-38(49)27-17-15-14-16-18-27)45(52)21-29(24(4)33(42(45,10)11)25(5)36(56-32)43(30,35)12)54-39(50)34(48)28(19-23(2)3)46-40(51)59-41(7,8)9/h2*13-18,23,25,28-32,34-37,48,52H,1,19-22H2,2-12H3,(H,46,51)/t25-,28-,29-,30-,31+,32+,34+,35-,36-,37-,43+,44-,45+;25-,28-,29-,30-,31+,32-,34+,35-,36-,37-,43+,44-,45+/m00/s1. The first kappa shape index (κ1) is 91.1. The molecule has 0 unspecified atom stereocenters. The van der Waals surface area contributed by atoms with E-state index in [0.717, 1.165) is 0 Å². The zero-order chi connectivity index (χ0) is 87.2. The second-order valence-electron chi connectivity index (χ2n) is 38.6. The third kappa shape index (κ3) is 16.4. The molecule has 2 amide bonds. The van der Waals surface area contributed by atoms with Crippen molar-refractivity contribution in [1.29, 1.82) is 0 Å². The summed E-state index contributed by atoms with van der Waals surface area (Å²) in [5.74, 6) is -7.71. The lowest BCUT2D eigenvalue weighted by Gasteiger charge is -2.71. The maximum atomic E-state index is 14.4. The zero-order valence-electron chi connectivity index (χ0n) is 72.5. The van der Waals surface area contributed by atoms with Crippen LogP contribution in [0.25, 0.3) is 0 Å². The molecule has 4 bridgehead atoms. The van der Waals surface area contributed by atoms with Crippen molar-refractivity contribution in [2.45, 2.75) is 322 Å². The molecule has 12 rings (SSSR count). The fraction of sp³-hybridized carbons (Fsp3) is 0.689. The molecule has 4 aliphatic heterocycles. The van der Waals surface area contributed by atoms with Crippen molar-refractivity contribution < 1.29 is 125 Å². The number of aliphatic hydroxyl groups excluding tert-OH is 2. The molecular formula is C90H126N2O26. The fourth-order valence-corrected chi connectivity index (χ4v) is 22.0. The number of esters is 6. The zero-order valence-corrected chi connectivity index (χ0v) is 72.5. The first-order chi connectivity index (χ1) is 54.8. The van der Waals surface area contributed by atoms with Gasteiger partial charge in [-0.3, -0.25) is 9.59 Å². The van der Waals surface area contributed by atoms with Gasteiger partial charge < -0.3 is 97.4 Å². The number of carbonyl (C=O) groups is 8. The molecular weight excluding hydrogens is 1520 g/mol. The average molecular weight is 1650 g/mol. The number of ether oxygens (including phenoxy) is 14. The Bertz CT molecular complexity index is 3940. The molecule has 0 spiro atoms. The van der Waals surface area contributed by atoms with Crippen molar-refractivity contribution in [3.8, 4) is 0 Å². The van der Waals surface area contributed by atoms with Crippen molar-refractivity contribution in [3.63, 3.8) is 0 Å². The Hall–Kier alpha value is -7.64. The Balaban J connectivity index is 0.000000231. The van der Waals surface area contributed by atoms with E-state index in [2.05, 4.69) is 23.8 Å². The van der Waals surface area contributed by atoms with Crippen molar-refractivity contribution >= 4 is 48.0 Å². The lowest BCUT2D eigenvalue weighted by atomic mass is 9.43. The minimum absolute atomic E-state index is 0.0405. The molecule has 2 aromatic carbocycles. The van der Waals surface area contributed by atoms with Gasteiger partial charge in [0.25, 0.3) is 0 Å². The topological polar surface area (TPSA) is 371 Å². The quantitative estimate of drug-likeness (QED) is 0.0407. The molecule has 652 valence electrons. The number of carbonyl (C=O) groups excluding carboxylic acids is 8. The van der Waals surface area contributed by atoms with Gasteiger partial charge in [0.1, 0.15) is 59.0 Å². The number of amides is 2. The van der Waals surface area contributed by atoms with Crippen LogP contribution < -0.4 is 10.6 Å². The number of hydrogen-bond donors (Lipinski definition) is 6. The smallest absolute Gasteiger partial charge is 0.407 e. The molecule has 8 fully saturated rings. The molecule has 6 aliphatic carbocycles. The summed E-state index contributed by atoms with van der Waals surface area (Å²) in [4.78, 5) is 109. The van der Waals surface area contributed by atoms with Gasteiger partial charge >= 0.3 is 48.0 Å². The third-order valence-corrected chi connectivity index (χ3v) is 27.0. The summed E-state index contributed by atoms with van der Waals surface area (Å²) in [7, 11) is 0. The lowest BCUT2D eigenvalue weighted by Crippen LogP contribution is -2.83. The molecule has 0 radical (unpaired) electrons. The van der Waals surface area contributed by atoms with E-state index in [4.69, 9.17) is 66.3 Å². The van der Waals surface area contributed by atoms with Crippen LogP contribution >= 0.6 is 0 Å². The highest BCUT2D eigenvalue weighted by molar-refractivity contribution is 5.90. The second kappa shape index (κ2) is 33.3. The summed E-state index contributed by atoms with van der Waals surface area (Å²) in [6.07, 6.45) is -12.4. The van der Waals surface area contributed by atoms with Gasteiger partial charge in [-0.15, -0.1) is 0 Å². The van der Waals surface area contributed by atoms with Gasteiger partial charge in [-0.05, 0) is 128 Å². The number of rotatable bonds is 20. The number of fused-ring (bicyclic) bond motifs is 8. The van der Waals surface area contributed by atoms with Crippen molar-refractivity contribution in [2.75, 3.05) is 13.2 Å². The number of aliphatic hydroxyl groups is 4. The third-order valence-electron chi connectivity index (χ3n) is 27.0. The fourth-order valence-electron chi connectivity index (χ4n) is 22.0. The van der Waals surface area contributed by atoms with Crippen LogP contribution in [-0.4, -0.2) is 213 Å². The number of alkyl carbamates (subject to hydrolysis) is 2. The van der Waals surface area contributed by atoms with E-state index in [1.807, 2.05) is 96.9 Å². The van der Waals surface area contributed by atoms with E-state index in [1.165, 1.54) is 13.8 Å². The van der Waals surface area contributed by atoms with Crippen molar-refractivity contribution in [2.24, 2.45) is 57.2 Å². The summed E-state index contributed by atoms with van der Waals surface area (Å²) in [6, 6.07) is 14.6. The van der Waals surface area contributed by atoms with E-state index in [-0.39, 0.29) is 61.9 Å². The van der Waals surface area contributed by atoms with Gasteiger partial charge in [-0.2, -0.15) is 0 Å². The first-order valence-corrected chi connectivity index (χ1v) is 41.5. The minimum Gasteiger partial charge on any atom is -0.456 e. The maximum Gasteiger partial charge on any atom is 0.407 e. The van der Waals surface area contributed by atoms with Crippen LogP contribution in [0.4, 0.5) is 9.59 Å². The van der Waals surface area contributed by atoms with Crippen LogP contribution in [0.15, 0.2) is 108 Å².